The molecule has 1 rings (SSSR count). The molecule has 15 heavy (non-hydrogen) atoms. The van der Waals surface area contributed by atoms with Crippen molar-refractivity contribution in [2.24, 2.45) is 0 Å². The third-order valence-corrected chi connectivity index (χ3v) is 2.96. The van der Waals surface area contributed by atoms with Crippen LogP contribution in [0.2, 0.25) is 0 Å². The summed E-state index contributed by atoms with van der Waals surface area (Å²) in [7, 11) is 3.95. The van der Waals surface area contributed by atoms with Gasteiger partial charge in [-0.15, -0.1) is 0 Å². The predicted molar refractivity (Wildman–Crippen MR) is 63.1 cm³/mol. The molecule has 1 atom stereocenters. The maximum absolute atomic E-state index is 9.59. The topological polar surface area (TPSA) is 38.7 Å². The summed E-state index contributed by atoms with van der Waals surface area (Å²) in [5.74, 6) is 0. The van der Waals surface area contributed by atoms with E-state index in [0.29, 0.717) is 6.54 Å². The fourth-order valence-corrected chi connectivity index (χ4v) is 2.07. The van der Waals surface area contributed by atoms with Gasteiger partial charge in [0.2, 0.25) is 0 Å². The number of likely N-dealkylation sites (tertiary alicyclic amines) is 1. The van der Waals surface area contributed by atoms with E-state index in [1.165, 1.54) is 25.9 Å². The molecule has 1 heterocycles. The molecule has 2 N–H and O–H groups in total. The molecule has 0 radical (unpaired) electrons. The normalized spacial score (nSPS) is 20.0. The van der Waals surface area contributed by atoms with Crippen LogP contribution in [0.25, 0.3) is 0 Å². The highest BCUT2D eigenvalue weighted by atomic mass is 16.3. The van der Waals surface area contributed by atoms with E-state index in [2.05, 4.69) is 22.2 Å². The minimum absolute atomic E-state index is 0.251. The molecule has 0 aromatic heterocycles. The molecule has 1 unspecified atom stereocenters. The Morgan fingerprint density at radius 1 is 1.40 bits per heavy atom. The fourth-order valence-electron chi connectivity index (χ4n) is 2.07. The second-order valence-corrected chi connectivity index (χ2v) is 4.52. The number of nitrogens with one attached hydrogen (secondary N) is 1. The van der Waals surface area contributed by atoms with E-state index in [1.807, 2.05) is 7.05 Å². The molecule has 90 valence electrons. The van der Waals surface area contributed by atoms with Crippen LogP contribution in [0.15, 0.2) is 0 Å². The van der Waals surface area contributed by atoms with Crippen molar-refractivity contribution in [3.05, 3.63) is 0 Å². The standard InChI is InChI=1S/C11H25N3O/c1-12-9-11(15)10-13(2)7-8-14-5-3-4-6-14/h11-12,15H,3-10H2,1-2H3. The molecule has 0 spiro atoms. The molecule has 4 heteroatoms. The van der Waals surface area contributed by atoms with Crippen LogP contribution >= 0.6 is 0 Å². The highest BCUT2D eigenvalue weighted by Crippen LogP contribution is 2.06. The van der Waals surface area contributed by atoms with Crippen molar-refractivity contribution in [1.82, 2.24) is 15.1 Å². The van der Waals surface area contributed by atoms with Gasteiger partial charge in [0.25, 0.3) is 0 Å². The van der Waals surface area contributed by atoms with Gasteiger partial charge < -0.3 is 20.2 Å². The molecule has 0 aliphatic carbocycles. The highest BCUT2D eigenvalue weighted by molar-refractivity contribution is 4.69. The number of likely N-dealkylation sites (N-methyl/N-ethyl adjacent to an activating group) is 2. The van der Waals surface area contributed by atoms with Gasteiger partial charge in [-0.05, 0) is 40.0 Å². The third kappa shape index (κ3) is 5.47. The molecule has 0 bridgehead atoms. The summed E-state index contributed by atoms with van der Waals surface area (Å²) in [4.78, 5) is 4.71. The van der Waals surface area contributed by atoms with E-state index in [0.717, 1.165) is 19.6 Å². The zero-order valence-electron chi connectivity index (χ0n) is 10.1. The summed E-state index contributed by atoms with van der Waals surface area (Å²) in [6, 6.07) is 0. The van der Waals surface area contributed by atoms with Crippen LogP contribution in [0.3, 0.4) is 0 Å². The van der Waals surface area contributed by atoms with Crippen LogP contribution in [-0.2, 0) is 0 Å². The van der Waals surface area contributed by atoms with Gasteiger partial charge in [-0.25, -0.2) is 0 Å². The molecule has 4 nitrogen and oxygen atoms in total. The quantitative estimate of drug-likeness (QED) is 0.606. The number of hydrogen-bond donors (Lipinski definition) is 2. The van der Waals surface area contributed by atoms with Crippen molar-refractivity contribution in [2.45, 2.75) is 18.9 Å². The Balaban J connectivity index is 2.04. The van der Waals surface area contributed by atoms with Crippen LogP contribution in [0, 0.1) is 0 Å². The zero-order chi connectivity index (χ0) is 11.1. The van der Waals surface area contributed by atoms with Gasteiger partial charge in [-0.3, -0.25) is 0 Å². The van der Waals surface area contributed by atoms with Gasteiger partial charge in [-0.2, -0.15) is 0 Å². The van der Waals surface area contributed by atoms with E-state index >= 15 is 0 Å². The maximum atomic E-state index is 9.59. The van der Waals surface area contributed by atoms with Crippen LogP contribution < -0.4 is 5.32 Å². The minimum Gasteiger partial charge on any atom is -0.390 e. The number of aliphatic hydroxyl groups is 1. The van der Waals surface area contributed by atoms with Crippen molar-refractivity contribution in [2.75, 3.05) is 53.4 Å². The average molecular weight is 215 g/mol. The van der Waals surface area contributed by atoms with E-state index in [-0.39, 0.29) is 6.10 Å². The highest BCUT2D eigenvalue weighted by Gasteiger charge is 2.12. The molecule has 0 saturated carbocycles. The smallest absolute Gasteiger partial charge is 0.0791 e. The van der Waals surface area contributed by atoms with Crippen LogP contribution in [0.5, 0.6) is 0 Å². The van der Waals surface area contributed by atoms with Gasteiger partial charge in [0.15, 0.2) is 0 Å². The first-order chi connectivity index (χ1) is 7.22. The van der Waals surface area contributed by atoms with Gasteiger partial charge >= 0.3 is 0 Å². The van der Waals surface area contributed by atoms with Gasteiger partial charge in [0.1, 0.15) is 0 Å². The Bertz CT molecular complexity index is 160. The second kappa shape index (κ2) is 7.17. The Morgan fingerprint density at radius 3 is 2.67 bits per heavy atom. The van der Waals surface area contributed by atoms with E-state index in [1.54, 1.807) is 0 Å². The summed E-state index contributed by atoms with van der Waals surface area (Å²) >= 11 is 0. The molecule has 1 aliphatic heterocycles. The largest absolute Gasteiger partial charge is 0.390 e. The number of nitrogens with zero attached hydrogens (tertiary/aromatic N) is 2. The Kier molecular flexibility index (Phi) is 6.17. The van der Waals surface area contributed by atoms with Crippen LogP contribution in [0.4, 0.5) is 0 Å². The number of aliphatic hydroxyl groups excluding tert-OH is 1. The summed E-state index contributed by atoms with van der Waals surface area (Å²) in [6.07, 6.45) is 2.46. The Morgan fingerprint density at radius 2 is 2.07 bits per heavy atom. The second-order valence-electron chi connectivity index (χ2n) is 4.52. The lowest BCUT2D eigenvalue weighted by atomic mass is 10.3. The van der Waals surface area contributed by atoms with Gasteiger partial charge in [0, 0.05) is 26.2 Å². The molecule has 1 saturated heterocycles. The molecular weight excluding hydrogens is 190 g/mol. The summed E-state index contributed by atoms with van der Waals surface area (Å²) < 4.78 is 0. The predicted octanol–water partition coefficient (Wildman–Crippen LogP) is -0.406. The molecule has 1 aliphatic rings. The number of rotatable bonds is 7. The Labute approximate surface area is 93.2 Å². The van der Waals surface area contributed by atoms with Gasteiger partial charge in [-0.1, -0.05) is 0 Å². The summed E-state index contributed by atoms with van der Waals surface area (Å²) in [5, 5.41) is 12.6. The minimum atomic E-state index is -0.251. The number of hydrogen-bond acceptors (Lipinski definition) is 4. The summed E-state index contributed by atoms with van der Waals surface area (Å²) in [6.45, 7) is 6.14. The lowest BCUT2D eigenvalue weighted by Gasteiger charge is -2.23. The molecule has 0 aromatic rings. The Hall–Kier alpha value is -0.160. The average Bonchev–Trinajstić information content (AvgIpc) is 2.67. The lowest BCUT2D eigenvalue weighted by molar-refractivity contribution is 0.120. The van der Waals surface area contributed by atoms with Crippen molar-refractivity contribution < 1.29 is 5.11 Å². The monoisotopic (exact) mass is 215 g/mol. The first kappa shape index (κ1) is 12.9. The zero-order valence-corrected chi connectivity index (χ0v) is 10.1. The SMILES string of the molecule is CNCC(O)CN(C)CCN1CCCC1. The third-order valence-electron chi connectivity index (χ3n) is 2.96. The van der Waals surface area contributed by atoms with E-state index in [9.17, 15) is 5.11 Å². The molecule has 0 aromatic carbocycles. The van der Waals surface area contributed by atoms with Crippen molar-refractivity contribution in [3.63, 3.8) is 0 Å². The first-order valence-electron chi connectivity index (χ1n) is 5.96. The molecule has 1 fully saturated rings. The lowest BCUT2D eigenvalue weighted by Crippen LogP contribution is -2.39. The molecule has 0 amide bonds. The van der Waals surface area contributed by atoms with Crippen molar-refractivity contribution >= 4 is 0 Å². The van der Waals surface area contributed by atoms with Crippen LogP contribution in [-0.4, -0.2) is 74.4 Å². The molecular formula is C11H25N3O. The fraction of sp³-hybridized carbons (Fsp3) is 1.00. The summed E-state index contributed by atoms with van der Waals surface area (Å²) in [5.41, 5.74) is 0. The first-order valence-corrected chi connectivity index (χ1v) is 5.96. The van der Waals surface area contributed by atoms with Crippen LogP contribution in [0.1, 0.15) is 12.8 Å². The van der Waals surface area contributed by atoms with E-state index in [4.69, 9.17) is 0 Å². The maximum Gasteiger partial charge on any atom is 0.0791 e. The van der Waals surface area contributed by atoms with Crippen molar-refractivity contribution in [3.8, 4) is 0 Å². The van der Waals surface area contributed by atoms with E-state index < -0.39 is 0 Å². The van der Waals surface area contributed by atoms with Gasteiger partial charge in [0.05, 0.1) is 6.10 Å². The van der Waals surface area contributed by atoms with Crippen molar-refractivity contribution in [1.29, 1.82) is 0 Å².